The number of halogens is 1. The van der Waals surface area contributed by atoms with Crippen molar-refractivity contribution in [3.05, 3.63) is 58.1 Å². The third-order valence-electron chi connectivity index (χ3n) is 4.02. The van der Waals surface area contributed by atoms with Crippen LogP contribution in [0.3, 0.4) is 0 Å². The fourth-order valence-electron chi connectivity index (χ4n) is 2.35. The van der Waals surface area contributed by atoms with Crippen LogP contribution >= 0.6 is 11.6 Å². The fourth-order valence-corrected chi connectivity index (χ4v) is 2.68. The molecule has 0 heterocycles. The van der Waals surface area contributed by atoms with Crippen molar-refractivity contribution in [2.45, 2.75) is 39.3 Å². The molecule has 2 aromatic carbocycles. The van der Waals surface area contributed by atoms with Gasteiger partial charge in [-0.05, 0) is 61.1 Å². The minimum atomic E-state index is 0.754. The lowest BCUT2D eigenvalue weighted by Crippen LogP contribution is -2.14. The molecule has 2 heteroatoms. The molecular weight excluding hydrogens is 266 g/mol. The Morgan fingerprint density at radius 2 is 1.70 bits per heavy atom. The standard InChI is InChI=1S/C18H20ClN/c1-12-9-17(18(19)10-13(12)2)15-5-3-14(4-6-15)11-20-16-7-8-16/h3-6,9-10,16,20H,7-8,11H2,1-2H3. The van der Waals surface area contributed by atoms with Crippen LogP contribution in [-0.4, -0.2) is 6.04 Å². The molecule has 0 unspecified atom stereocenters. The molecular formula is C18H20ClN. The lowest BCUT2D eigenvalue weighted by Gasteiger charge is -2.10. The lowest BCUT2D eigenvalue weighted by molar-refractivity contribution is 0.688. The molecule has 1 saturated carbocycles. The van der Waals surface area contributed by atoms with E-state index in [4.69, 9.17) is 11.6 Å². The second-order valence-electron chi connectivity index (χ2n) is 5.77. The summed E-state index contributed by atoms with van der Waals surface area (Å²) in [7, 11) is 0. The molecule has 104 valence electrons. The van der Waals surface area contributed by atoms with E-state index in [1.54, 1.807) is 0 Å². The van der Waals surface area contributed by atoms with Crippen LogP contribution in [0.5, 0.6) is 0 Å². The molecule has 1 aliphatic rings. The van der Waals surface area contributed by atoms with Gasteiger partial charge in [0.25, 0.3) is 0 Å². The van der Waals surface area contributed by atoms with Crippen LogP contribution in [0.2, 0.25) is 5.02 Å². The maximum Gasteiger partial charge on any atom is 0.0487 e. The number of rotatable bonds is 4. The summed E-state index contributed by atoms with van der Waals surface area (Å²) in [5.74, 6) is 0. The van der Waals surface area contributed by atoms with E-state index in [1.165, 1.54) is 35.1 Å². The highest BCUT2D eigenvalue weighted by Crippen LogP contribution is 2.30. The molecule has 0 radical (unpaired) electrons. The minimum Gasteiger partial charge on any atom is -0.310 e. The predicted octanol–water partition coefficient (Wildman–Crippen LogP) is 4.88. The van der Waals surface area contributed by atoms with Gasteiger partial charge in [0.05, 0.1) is 0 Å². The highest BCUT2D eigenvalue weighted by atomic mass is 35.5. The number of hydrogen-bond acceptors (Lipinski definition) is 1. The van der Waals surface area contributed by atoms with E-state index >= 15 is 0 Å². The van der Waals surface area contributed by atoms with Gasteiger partial charge < -0.3 is 5.32 Å². The molecule has 1 aliphatic carbocycles. The largest absolute Gasteiger partial charge is 0.310 e. The van der Waals surface area contributed by atoms with Crippen molar-refractivity contribution in [2.24, 2.45) is 0 Å². The van der Waals surface area contributed by atoms with Gasteiger partial charge in [-0.1, -0.05) is 35.9 Å². The van der Waals surface area contributed by atoms with Crippen LogP contribution in [-0.2, 0) is 6.54 Å². The number of nitrogens with one attached hydrogen (secondary N) is 1. The summed E-state index contributed by atoms with van der Waals surface area (Å²) in [5.41, 5.74) is 6.17. The zero-order chi connectivity index (χ0) is 14.1. The van der Waals surface area contributed by atoms with Gasteiger partial charge in [0.1, 0.15) is 0 Å². The molecule has 20 heavy (non-hydrogen) atoms. The van der Waals surface area contributed by atoms with Gasteiger partial charge in [0.2, 0.25) is 0 Å². The summed E-state index contributed by atoms with van der Waals surface area (Å²) in [6, 6.07) is 13.7. The van der Waals surface area contributed by atoms with E-state index < -0.39 is 0 Å². The molecule has 0 amide bonds. The zero-order valence-corrected chi connectivity index (χ0v) is 12.8. The zero-order valence-electron chi connectivity index (χ0n) is 12.0. The van der Waals surface area contributed by atoms with Gasteiger partial charge >= 0.3 is 0 Å². The first kappa shape index (κ1) is 13.7. The van der Waals surface area contributed by atoms with Crippen LogP contribution in [0.25, 0.3) is 11.1 Å². The monoisotopic (exact) mass is 285 g/mol. The summed E-state index contributed by atoms with van der Waals surface area (Å²) >= 11 is 6.37. The molecule has 0 atom stereocenters. The van der Waals surface area contributed by atoms with E-state index in [0.717, 1.165) is 23.2 Å². The number of benzene rings is 2. The van der Waals surface area contributed by atoms with Crippen LogP contribution < -0.4 is 5.32 Å². The third kappa shape index (κ3) is 3.05. The summed E-state index contributed by atoms with van der Waals surface area (Å²) in [4.78, 5) is 0. The van der Waals surface area contributed by atoms with Crippen molar-refractivity contribution in [2.75, 3.05) is 0 Å². The first-order chi connectivity index (χ1) is 9.63. The SMILES string of the molecule is Cc1cc(Cl)c(-c2ccc(CNC3CC3)cc2)cc1C. The highest BCUT2D eigenvalue weighted by Gasteiger charge is 2.19. The number of aryl methyl sites for hydroxylation is 2. The second-order valence-corrected chi connectivity index (χ2v) is 6.18. The summed E-state index contributed by atoms with van der Waals surface area (Å²) in [5, 5.41) is 4.36. The molecule has 0 saturated heterocycles. The Labute approximate surface area is 126 Å². The maximum atomic E-state index is 6.37. The molecule has 0 spiro atoms. The number of hydrogen-bond donors (Lipinski definition) is 1. The first-order valence-corrected chi connectivity index (χ1v) is 7.61. The van der Waals surface area contributed by atoms with Crippen molar-refractivity contribution < 1.29 is 0 Å². The van der Waals surface area contributed by atoms with Crippen molar-refractivity contribution in [1.29, 1.82) is 0 Å². The molecule has 0 aliphatic heterocycles. The Hall–Kier alpha value is -1.31. The van der Waals surface area contributed by atoms with E-state index in [9.17, 15) is 0 Å². The van der Waals surface area contributed by atoms with E-state index in [0.29, 0.717) is 0 Å². The summed E-state index contributed by atoms with van der Waals surface area (Å²) in [6.45, 7) is 5.19. The van der Waals surface area contributed by atoms with Gasteiger partial charge in [-0.2, -0.15) is 0 Å². The van der Waals surface area contributed by atoms with E-state index in [1.807, 2.05) is 0 Å². The Morgan fingerprint density at radius 3 is 2.35 bits per heavy atom. The Bertz CT molecular complexity index is 612. The maximum absolute atomic E-state index is 6.37. The Morgan fingerprint density at radius 1 is 1.05 bits per heavy atom. The van der Waals surface area contributed by atoms with Gasteiger partial charge in [-0.25, -0.2) is 0 Å². The molecule has 1 nitrogen and oxygen atoms in total. The molecule has 2 aromatic rings. The third-order valence-corrected chi connectivity index (χ3v) is 4.33. The van der Waals surface area contributed by atoms with Gasteiger partial charge in [-0.3, -0.25) is 0 Å². The van der Waals surface area contributed by atoms with Crippen LogP contribution in [0.4, 0.5) is 0 Å². The minimum absolute atomic E-state index is 0.754. The van der Waals surface area contributed by atoms with Crippen LogP contribution in [0.1, 0.15) is 29.5 Å². The van der Waals surface area contributed by atoms with Crippen molar-refractivity contribution >= 4 is 11.6 Å². The molecule has 1 N–H and O–H groups in total. The fraction of sp³-hybridized carbons (Fsp3) is 0.333. The van der Waals surface area contributed by atoms with E-state index in [2.05, 4.69) is 55.6 Å². The Balaban J connectivity index is 1.81. The van der Waals surface area contributed by atoms with Gasteiger partial charge in [-0.15, -0.1) is 0 Å². The second kappa shape index (κ2) is 5.59. The highest BCUT2D eigenvalue weighted by molar-refractivity contribution is 6.33. The predicted molar refractivity (Wildman–Crippen MR) is 86.2 cm³/mol. The normalized spacial score (nSPS) is 14.6. The quantitative estimate of drug-likeness (QED) is 0.844. The smallest absolute Gasteiger partial charge is 0.0487 e. The average Bonchev–Trinajstić information content (AvgIpc) is 3.25. The molecule has 3 rings (SSSR count). The molecule has 1 fully saturated rings. The Kier molecular flexibility index (Phi) is 3.82. The average molecular weight is 286 g/mol. The van der Waals surface area contributed by atoms with Crippen molar-refractivity contribution in [3.63, 3.8) is 0 Å². The molecule has 0 bridgehead atoms. The van der Waals surface area contributed by atoms with E-state index in [-0.39, 0.29) is 0 Å². The lowest BCUT2D eigenvalue weighted by atomic mass is 9.99. The first-order valence-electron chi connectivity index (χ1n) is 7.23. The topological polar surface area (TPSA) is 12.0 Å². The molecule has 0 aromatic heterocycles. The van der Waals surface area contributed by atoms with Gasteiger partial charge in [0.15, 0.2) is 0 Å². The summed E-state index contributed by atoms with van der Waals surface area (Å²) < 4.78 is 0. The van der Waals surface area contributed by atoms with Crippen molar-refractivity contribution in [1.82, 2.24) is 5.32 Å². The van der Waals surface area contributed by atoms with Crippen LogP contribution in [0, 0.1) is 13.8 Å². The van der Waals surface area contributed by atoms with Crippen LogP contribution in [0.15, 0.2) is 36.4 Å². The summed E-state index contributed by atoms with van der Waals surface area (Å²) in [6.07, 6.45) is 2.66. The van der Waals surface area contributed by atoms with Crippen molar-refractivity contribution in [3.8, 4) is 11.1 Å². The van der Waals surface area contributed by atoms with Gasteiger partial charge in [0, 0.05) is 23.2 Å².